The number of aromatic nitrogens is 1. The first kappa shape index (κ1) is 28.2. The van der Waals surface area contributed by atoms with Crippen molar-refractivity contribution in [3.8, 4) is 11.4 Å². The molecule has 2 heterocycles. The van der Waals surface area contributed by atoms with Crippen molar-refractivity contribution < 1.29 is 23.5 Å². The number of rotatable bonds is 8. The summed E-state index contributed by atoms with van der Waals surface area (Å²) < 4.78 is 21.0. The predicted molar refractivity (Wildman–Crippen MR) is 159 cm³/mol. The summed E-state index contributed by atoms with van der Waals surface area (Å²) in [5.41, 5.74) is 4.77. The minimum atomic E-state index is -0.526. The Morgan fingerprint density at radius 1 is 1.02 bits per heavy atom. The number of carbonyl (C=O) groups is 3. The van der Waals surface area contributed by atoms with Crippen LogP contribution in [0.5, 0.6) is 5.75 Å². The number of para-hydroxylation sites is 1. The minimum absolute atomic E-state index is 0.241. The van der Waals surface area contributed by atoms with Crippen LogP contribution in [0.2, 0.25) is 5.02 Å². The van der Waals surface area contributed by atoms with E-state index in [1.54, 1.807) is 42.5 Å². The van der Waals surface area contributed by atoms with Gasteiger partial charge in [0.25, 0.3) is 11.1 Å². The van der Waals surface area contributed by atoms with E-state index in [1.165, 1.54) is 12.1 Å². The van der Waals surface area contributed by atoms with Crippen molar-refractivity contribution >= 4 is 52.2 Å². The molecule has 3 amide bonds. The van der Waals surface area contributed by atoms with Gasteiger partial charge < -0.3 is 14.6 Å². The van der Waals surface area contributed by atoms with Crippen molar-refractivity contribution in [3.05, 3.63) is 117 Å². The molecule has 41 heavy (non-hydrogen) atoms. The smallest absolute Gasteiger partial charge is 0.294 e. The van der Waals surface area contributed by atoms with Crippen LogP contribution in [-0.2, 0) is 16.2 Å². The molecule has 1 N–H and O–H groups in total. The molecule has 0 spiro atoms. The maximum Gasteiger partial charge on any atom is 0.294 e. The fraction of sp³-hybridized carbons (Fsp3) is 0.129. The summed E-state index contributed by atoms with van der Waals surface area (Å²) in [4.78, 5) is 39.3. The summed E-state index contributed by atoms with van der Waals surface area (Å²) in [5, 5.41) is 2.48. The van der Waals surface area contributed by atoms with E-state index >= 15 is 0 Å². The number of thioether (sulfide) groups is 1. The average Bonchev–Trinajstić information content (AvgIpc) is 3.38. The van der Waals surface area contributed by atoms with Crippen LogP contribution in [0.1, 0.15) is 22.5 Å². The summed E-state index contributed by atoms with van der Waals surface area (Å²) in [5.74, 6) is -0.665. The van der Waals surface area contributed by atoms with Crippen LogP contribution in [0, 0.1) is 19.7 Å². The van der Waals surface area contributed by atoms with Gasteiger partial charge >= 0.3 is 0 Å². The number of nitrogens with one attached hydrogen (secondary N) is 1. The van der Waals surface area contributed by atoms with Crippen molar-refractivity contribution in [2.45, 2.75) is 20.5 Å². The monoisotopic (exact) mass is 589 g/mol. The van der Waals surface area contributed by atoms with E-state index in [1.807, 2.05) is 48.7 Å². The van der Waals surface area contributed by atoms with Gasteiger partial charge in [-0.3, -0.25) is 19.3 Å². The molecular weight excluding hydrogens is 565 g/mol. The molecule has 0 radical (unpaired) electrons. The first-order valence-electron chi connectivity index (χ1n) is 12.7. The van der Waals surface area contributed by atoms with E-state index in [9.17, 15) is 18.8 Å². The molecule has 0 bridgehead atoms. The standard InChI is InChI=1S/C31H25ClFN3O4S/c1-19-15-22(16-28-30(38)35(31(39)41-28)17-29(37)34-27-6-4-3-5-26(27)32)20(2)36(19)24-11-13-25(14-12-24)40-18-21-7-9-23(33)10-8-21/h3-16H,17-18H2,1-2H3,(H,34,37)/b28-16+. The Morgan fingerprint density at radius 2 is 1.73 bits per heavy atom. The maximum absolute atomic E-state index is 13.1. The molecule has 7 nitrogen and oxygen atoms in total. The van der Waals surface area contributed by atoms with E-state index in [2.05, 4.69) is 5.32 Å². The lowest BCUT2D eigenvalue weighted by Gasteiger charge is -2.13. The minimum Gasteiger partial charge on any atom is -0.489 e. The Kier molecular flexibility index (Phi) is 8.28. The van der Waals surface area contributed by atoms with Crippen LogP contribution in [-0.4, -0.2) is 33.1 Å². The quantitative estimate of drug-likeness (QED) is 0.221. The summed E-state index contributed by atoms with van der Waals surface area (Å²) >= 11 is 6.88. The molecule has 1 saturated heterocycles. The molecule has 1 aliphatic rings. The van der Waals surface area contributed by atoms with Crippen LogP contribution in [0.15, 0.2) is 83.8 Å². The van der Waals surface area contributed by atoms with E-state index < -0.39 is 23.6 Å². The van der Waals surface area contributed by atoms with Gasteiger partial charge in [0.2, 0.25) is 5.91 Å². The highest BCUT2D eigenvalue weighted by Gasteiger charge is 2.36. The van der Waals surface area contributed by atoms with E-state index in [0.29, 0.717) is 23.1 Å². The van der Waals surface area contributed by atoms with Gasteiger partial charge in [-0.2, -0.15) is 0 Å². The number of anilines is 1. The second-order valence-electron chi connectivity index (χ2n) is 9.37. The zero-order valence-electron chi connectivity index (χ0n) is 22.2. The second kappa shape index (κ2) is 12.0. The van der Waals surface area contributed by atoms with Crippen LogP contribution < -0.4 is 10.1 Å². The van der Waals surface area contributed by atoms with Crippen molar-refractivity contribution in [2.75, 3.05) is 11.9 Å². The Balaban J connectivity index is 1.27. The normalized spacial score (nSPS) is 14.1. The molecule has 1 aromatic heterocycles. The third-order valence-electron chi connectivity index (χ3n) is 6.49. The number of hydrogen-bond donors (Lipinski definition) is 1. The molecule has 0 unspecified atom stereocenters. The van der Waals surface area contributed by atoms with Gasteiger partial charge in [-0.1, -0.05) is 35.9 Å². The summed E-state index contributed by atoms with van der Waals surface area (Å²) in [6.07, 6.45) is 1.68. The number of carbonyl (C=O) groups excluding carboxylic acids is 3. The lowest BCUT2D eigenvalue weighted by Crippen LogP contribution is -2.36. The van der Waals surface area contributed by atoms with Gasteiger partial charge in [-0.15, -0.1) is 0 Å². The highest BCUT2D eigenvalue weighted by atomic mass is 35.5. The number of amides is 3. The van der Waals surface area contributed by atoms with Crippen LogP contribution >= 0.6 is 23.4 Å². The molecule has 0 aliphatic carbocycles. The maximum atomic E-state index is 13.1. The van der Waals surface area contributed by atoms with E-state index in [-0.39, 0.29) is 10.7 Å². The fourth-order valence-corrected chi connectivity index (χ4v) is 5.46. The number of benzene rings is 3. The van der Waals surface area contributed by atoms with Gasteiger partial charge in [-0.05, 0) is 97.4 Å². The van der Waals surface area contributed by atoms with Crippen molar-refractivity contribution in [2.24, 2.45) is 0 Å². The molecule has 5 rings (SSSR count). The van der Waals surface area contributed by atoms with Crippen molar-refractivity contribution in [1.82, 2.24) is 9.47 Å². The molecule has 0 saturated carbocycles. The lowest BCUT2D eigenvalue weighted by molar-refractivity contribution is -0.127. The molecule has 4 aromatic rings. The first-order chi connectivity index (χ1) is 19.7. The lowest BCUT2D eigenvalue weighted by atomic mass is 10.2. The van der Waals surface area contributed by atoms with Gasteiger partial charge in [0.15, 0.2) is 0 Å². The number of hydrogen-bond acceptors (Lipinski definition) is 5. The van der Waals surface area contributed by atoms with E-state index in [4.69, 9.17) is 16.3 Å². The van der Waals surface area contributed by atoms with Crippen molar-refractivity contribution in [3.63, 3.8) is 0 Å². The molecule has 208 valence electrons. The molecule has 1 fully saturated rings. The SMILES string of the molecule is Cc1cc(/C=C2/SC(=O)N(CC(=O)Nc3ccccc3Cl)C2=O)c(C)n1-c1ccc(OCc2ccc(F)cc2)cc1. The molecule has 0 atom stereocenters. The largest absolute Gasteiger partial charge is 0.489 e. The molecule has 3 aromatic carbocycles. The zero-order chi connectivity index (χ0) is 29.1. The number of nitrogens with zero attached hydrogens (tertiary/aromatic N) is 2. The van der Waals surface area contributed by atoms with Crippen LogP contribution in [0.25, 0.3) is 11.8 Å². The van der Waals surface area contributed by atoms with Gasteiger partial charge in [0, 0.05) is 17.1 Å². The highest BCUT2D eigenvalue weighted by Crippen LogP contribution is 2.34. The van der Waals surface area contributed by atoms with Crippen LogP contribution in [0.3, 0.4) is 0 Å². The second-order valence-corrected chi connectivity index (χ2v) is 10.8. The van der Waals surface area contributed by atoms with Gasteiger partial charge in [0.05, 0.1) is 15.6 Å². The molecular formula is C31H25ClFN3O4S. The van der Waals surface area contributed by atoms with Crippen LogP contribution in [0.4, 0.5) is 14.9 Å². The Labute approximate surface area is 245 Å². The third-order valence-corrected chi connectivity index (χ3v) is 7.73. The summed E-state index contributed by atoms with van der Waals surface area (Å²) in [6, 6.07) is 22.4. The Hall–Kier alpha value is -4.34. The molecule has 10 heteroatoms. The highest BCUT2D eigenvalue weighted by molar-refractivity contribution is 8.18. The number of imide groups is 1. The number of ether oxygens (including phenoxy) is 1. The van der Waals surface area contributed by atoms with E-state index in [0.717, 1.165) is 44.9 Å². The third kappa shape index (κ3) is 6.37. The fourth-order valence-electron chi connectivity index (χ4n) is 4.44. The van der Waals surface area contributed by atoms with Gasteiger partial charge in [-0.25, -0.2) is 4.39 Å². The Bertz CT molecular complexity index is 1670. The number of aryl methyl sites for hydroxylation is 1. The Morgan fingerprint density at radius 3 is 2.44 bits per heavy atom. The van der Waals surface area contributed by atoms with Crippen molar-refractivity contribution in [1.29, 1.82) is 0 Å². The first-order valence-corrected chi connectivity index (χ1v) is 13.9. The average molecular weight is 590 g/mol. The number of halogens is 2. The molecule has 1 aliphatic heterocycles. The topological polar surface area (TPSA) is 80.6 Å². The summed E-state index contributed by atoms with van der Waals surface area (Å²) in [6.45, 7) is 3.79. The predicted octanol–water partition coefficient (Wildman–Crippen LogP) is 7.14. The van der Waals surface area contributed by atoms with Gasteiger partial charge in [0.1, 0.15) is 24.7 Å². The summed E-state index contributed by atoms with van der Waals surface area (Å²) in [7, 11) is 0. The zero-order valence-corrected chi connectivity index (χ0v) is 23.8.